The van der Waals surface area contributed by atoms with Crippen LogP contribution < -0.4 is 0 Å². The van der Waals surface area contributed by atoms with Crippen LogP contribution in [0.5, 0.6) is 5.75 Å². The summed E-state index contributed by atoms with van der Waals surface area (Å²) < 4.78 is 1.99. The summed E-state index contributed by atoms with van der Waals surface area (Å²) in [6.45, 7) is 0. The average Bonchev–Trinajstić information content (AvgIpc) is 2.72. The molecule has 0 aliphatic rings. The lowest BCUT2D eigenvalue weighted by atomic mass is 10.2. The van der Waals surface area contributed by atoms with Crippen LogP contribution in [-0.4, -0.2) is 14.5 Å². The molecule has 0 saturated heterocycles. The highest BCUT2D eigenvalue weighted by atomic mass is 16.3. The number of benzene rings is 1. The molecule has 3 nitrogen and oxygen atoms in total. The fraction of sp³-hybridized carbons (Fsp3) is 0. The van der Waals surface area contributed by atoms with Gasteiger partial charge in [-0.05, 0) is 24.3 Å². The van der Waals surface area contributed by atoms with Gasteiger partial charge in [0, 0.05) is 11.8 Å². The molecule has 0 bridgehead atoms. The number of nitrogens with zero attached hydrogens (tertiary/aromatic N) is 2. The summed E-state index contributed by atoms with van der Waals surface area (Å²) in [6.07, 6.45) is 3.78. The number of fused-ring (bicyclic) bond motifs is 1. The smallest absolute Gasteiger partial charge is 0.144 e. The lowest BCUT2D eigenvalue weighted by Crippen LogP contribution is -1.87. The van der Waals surface area contributed by atoms with Gasteiger partial charge >= 0.3 is 0 Å². The number of phenols is 1. The Morgan fingerprint density at radius 3 is 2.88 bits per heavy atom. The van der Waals surface area contributed by atoms with E-state index in [9.17, 15) is 5.11 Å². The first kappa shape index (κ1) is 8.97. The molecule has 0 spiro atoms. The molecule has 0 saturated carbocycles. The predicted octanol–water partition coefficient (Wildman–Crippen LogP) is 2.71. The normalized spacial score (nSPS) is 10.8. The van der Waals surface area contributed by atoms with E-state index in [0.717, 1.165) is 16.9 Å². The Morgan fingerprint density at radius 2 is 2.00 bits per heavy atom. The van der Waals surface area contributed by atoms with Gasteiger partial charge in [0.1, 0.15) is 11.6 Å². The molecule has 3 heteroatoms. The van der Waals surface area contributed by atoms with Gasteiger partial charge in [-0.1, -0.05) is 18.2 Å². The standard InChI is InChI=1S/C13H10N2O/c16-12-6-3-4-10(8-12)13-14-9-11-5-1-2-7-15(11)13/h1-9,16H. The molecule has 0 atom stereocenters. The third-order valence-corrected chi connectivity index (χ3v) is 2.54. The molecule has 0 amide bonds. The van der Waals surface area contributed by atoms with Crippen molar-refractivity contribution >= 4 is 5.52 Å². The predicted molar refractivity (Wildman–Crippen MR) is 62.3 cm³/mol. The first-order valence-electron chi connectivity index (χ1n) is 5.06. The van der Waals surface area contributed by atoms with E-state index in [4.69, 9.17) is 0 Å². The summed E-state index contributed by atoms with van der Waals surface area (Å²) in [6, 6.07) is 13.0. The molecule has 2 heterocycles. The number of rotatable bonds is 1. The minimum absolute atomic E-state index is 0.255. The van der Waals surface area contributed by atoms with Crippen LogP contribution in [0.15, 0.2) is 54.9 Å². The van der Waals surface area contributed by atoms with Gasteiger partial charge < -0.3 is 5.11 Å². The van der Waals surface area contributed by atoms with Gasteiger partial charge in [-0.15, -0.1) is 0 Å². The first-order valence-corrected chi connectivity index (χ1v) is 5.06. The molecule has 2 aromatic heterocycles. The Balaban J connectivity index is 2.26. The van der Waals surface area contributed by atoms with Crippen molar-refractivity contribution in [3.05, 3.63) is 54.9 Å². The Bertz CT molecular complexity index is 643. The summed E-state index contributed by atoms with van der Waals surface area (Å²) in [5.74, 6) is 1.09. The highest BCUT2D eigenvalue weighted by molar-refractivity contribution is 5.63. The largest absolute Gasteiger partial charge is 0.508 e. The number of pyridine rings is 1. The molecule has 78 valence electrons. The lowest BCUT2D eigenvalue weighted by Gasteiger charge is -2.01. The first-order chi connectivity index (χ1) is 7.84. The minimum Gasteiger partial charge on any atom is -0.508 e. The molecular formula is C13H10N2O. The number of phenolic OH excluding ortho intramolecular Hbond substituents is 1. The second kappa shape index (κ2) is 3.38. The van der Waals surface area contributed by atoms with E-state index in [2.05, 4.69) is 4.98 Å². The van der Waals surface area contributed by atoms with E-state index in [1.165, 1.54) is 0 Å². The number of aromatic nitrogens is 2. The third-order valence-electron chi connectivity index (χ3n) is 2.54. The molecule has 1 N–H and O–H groups in total. The molecule has 3 rings (SSSR count). The van der Waals surface area contributed by atoms with Crippen molar-refractivity contribution in [3.63, 3.8) is 0 Å². The van der Waals surface area contributed by atoms with E-state index >= 15 is 0 Å². The van der Waals surface area contributed by atoms with E-state index in [-0.39, 0.29) is 5.75 Å². The van der Waals surface area contributed by atoms with Crippen LogP contribution in [0.4, 0.5) is 0 Å². The van der Waals surface area contributed by atoms with Gasteiger partial charge in [-0.3, -0.25) is 4.40 Å². The van der Waals surface area contributed by atoms with Crippen molar-refractivity contribution in [2.75, 3.05) is 0 Å². The molecule has 0 fully saturated rings. The zero-order valence-corrected chi connectivity index (χ0v) is 8.54. The maximum Gasteiger partial charge on any atom is 0.144 e. The van der Waals surface area contributed by atoms with Crippen molar-refractivity contribution in [1.82, 2.24) is 9.38 Å². The van der Waals surface area contributed by atoms with Crippen molar-refractivity contribution in [2.45, 2.75) is 0 Å². The van der Waals surface area contributed by atoms with Crippen molar-refractivity contribution in [2.24, 2.45) is 0 Å². The van der Waals surface area contributed by atoms with Gasteiger partial charge in [-0.2, -0.15) is 0 Å². The molecule has 3 aromatic rings. The molecule has 1 aromatic carbocycles. The van der Waals surface area contributed by atoms with Gasteiger partial charge in [0.05, 0.1) is 11.7 Å². The minimum atomic E-state index is 0.255. The third kappa shape index (κ3) is 1.34. The summed E-state index contributed by atoms with van der Waals surface area (Å²) in [4.78, 5) is 4.36. The monoisotopic (exact) mass is 210 g/mol. The van der Waals surface area contributed by atoms with E-state index < -0.39 is 0 Å². The maximum atomic E-state index is 9.45. The van der Waals surface area contributed by atoms with Crippen LogP contribution in [0.25, 0.3) is 16.9 Å². The number of hydrogen-bond donors (Lipinski definition) is 1. The Hall–Kier alpha value is -2.29. The molecule has 16 heavy (non-hydrogen) atoms. The molecular weight excluding hydrogens is 200 g/mol. The highest BCUT2D eigenvalue weighted by Crippen LogP contribution is 2.22. The van der Waals surface area contributed by atoms with Crippen LogP contribution in [-0.2, 0) is 0 Å². The molecule has 0 radical (unpaired) electrons. The quantitative estimate of drug-likeness (QED) is 0.670. The average molecular weight is 210 g/mol. The summed E-state index contributed by atoms with van der Waals surface area (Å²) >= 11 is 0. The Morgan fingerprint density at radius 1 is 1.06 bits per heavy atom. The fourth-order valence-electron chi connectivity index (χ4n) is 1.80. The van der Waals surface area contributed by atoms with Crippen molar-refractivity contribution in [3.8, 4) is 17.1 Å². The second-order valence-corrected chi connectivity index (χ2v) is 3.63. The van der Waals surface area contributed by atoms with Crippen LogP contribution in [0, 0.1) is 0 Å². The van der Waals surface area contributed by atoms with Gasteiger partial charge in [0.25, 0.3) is 0 Å². The van der Waals surface area contributed by atoms with Crippen LogP contribution in [0.3, 0.4) is 0 Å². The van der Waals surface area contributed by atoms with E-state index in [0.29, 0.717) is 0 Å². The van der Waals surface area contributed by atoms with Crippen molar-refractivity contribution < 1.29 is 5.11 Å². The zero-order valence-electron chi connectivity index (χ0n) is 8.54. The number of imidazole rings is 1. The lowest BCUT2D eigenvalue weighted by molar-refractivity contribution is 0.475. The van der Waals surface area contributed by atoms with E-state index in [1.807, 2.05) is 47.1 Å². The topological polar surface area (TPSA) is 37.5 Å². The molecule has 0 aliphatic heterocycles. The van der Waals surface area contributed by atoms with Crippen LogP contribution >= 0.6 is 0 Å². The number of aromatic hydroxyl groups is 1. The van der Waals surface area contributed by atoms with Crippen LogP contribution in [0.2, 0.25) is 0 Å². The fourth-order valence-corrected chi connectivity index (χ4v) is 1.80. The van der Waals surface area contributed by atoms with E-state index in [1.54, 1.807) is 12.1 Å². The van der Waals surface area contributed by atoms with Gasteiger partial charge in [0.2, 0.25) is 0 Å². The number of hydrogen-bond acceptors (Lipinski definition) is 2. The summed E-state index contributed by atoms with van der Waals surface area (Å²) in [5, 5.41) is 9.45. The molecule has 0 aliphatic carbocycles. The Kier molecular flexibility index (Phi) is 1.90. The maximum absolute atomic E-state index is 9.45. The molecule has 0 unspecified atom stereocenters. The second-order valence-electron chi connectivity index (χ2n) is 3.63. The summed E-state index contributed by atoms with van der Waals surface area (Å²) in [5.41, 5.74) is 1.95. The summed E-state index contributed by atoms with van der Waals surface area (Å²) in [7, 11) is 0. The van der Waals surface area contributed by atoms with Gasteiger partial charge in [-0.25, -0.2) is 4.98 Å². The van der Waals surface area contributed by atoms with Crippen LogP contribution in [0.1, 0.15) is 0 Å². The zero-order chi connectivity index (χ0) is 11.0. The SMILES string of the molecule is Oc1cccc(-c2ncc3ccccn23)c1. The Labute approximate surface area is 92.6 Å². The van der Waals surface area contributed by atoms with Crippen molar-refractivity contribution in [1.29, 1.82) is 0 Å². The highest BCUT2D eigenvalue weighted by Gasteiger charge is 2.05. The van der Waals surface area contributed by atoms with Gasteiger partial charge in [0.15, 0.2) is 0 Å².